The second kappa shape index (κ2) is 5.41. The van der Waals surface area contributed by atoms with Gasteiger partial charge in [-0.15, -0.1) is 22.7 Å². The van der Waals surface area contributed by atoms with Crippen LogP contribution in [0.4, 0.5) is 0 Å². The fraction of sp³-hybridized carbons (Fsp3) is 0.267. The first kappa shape index (κ1) is 12.8. The van der Waals surface area contributed by atoms with Crippen molar-refractivity contribution < 1.29 is 0 Å². The third-order valence-corrected chi connectivity index (χ3v) is 4.93. The summed E-state index contributed by atoms with van der Waals surface area (Å²) in [5.74, 6) is 0. The van der Waals surface area contributed by atoms with Crippen molar-refractivity contribution in [2.24, 2.45) is 0 Å². The molecule has 0 aliphatic heterocycles. The molecule has 0 radical (unpaired) electrons. The molecular formula is C15H16N2S2. The summed E-state index contributed by atoms with van der Waals surface area (Å²) < 4.78 is 1.36. The number of thiazole rings is 1. The molecule has 3 aromatic rings. The quantitative estimate of drug-likeness (QED) is 0.771. The second-order valence-electron chi connectivity index (χ2n) is 4.47. The van der Waals surface area contributed by atoms with E-state index >= 15 is 0 Å². The van der Waals surface area contributed by atoms with E-state index in [-0.39, 0.29) is 6.04 Å². The lowest BCUT2D eigenvalue weighted by Crippen LogP contribution is -2.22. The maximum absolute atomic E-state index is 4.66. The second-order valence-corrected chi connectivity index (χ2v) is 6.45. The number of hydrogen-bond acceptors (Lipinski definition) is 4. The van der Waals surface area contributed by atoms with Crippen molar-refractivity contribution in [3.63, 3.8) is 0 Å². The lowest BCUT2D eigenvalue weighted by atomic mass is 10.0. The van der Waals surface area contributed by atoms with Crippen molar-refractivity contribution in [2.45, 2.75) is 19.9 Å². The summed E-state index contributed by atoms with van der Waals surface area (Å²) in [5, 5.41) is 10.3. The molecule has 0 amide bonds. The average Bonchev–Trinajstić information content (AvgIpc) is 3.04. The Hall–Kier alpha value is -1.23. The highest BCUT2D eigenvalue weighted by Crippen LogP contribution is 2.32. The predicted molar refractivity (Wildman–Crippen MR) is 84.2 cm³/mol. The Bertz CT molecular complexity index is 684. The van der Waals surface area contributed by atoms with E-state index in [4.69, 9.17) is 0 Å². The molecule has 0 fully saturated rings. The summed E-state index contributed by atoms with van der Waals surface area (Å²) >= 11 is 3.52. The predicted octanol–water partition coefficient (Wildman–Crippen LogP) is 4.37. The first-order valence-corrected chi connectivity index (χ1v) is 8.17. The van der Waals surface area contributed by atoms with Gasteiger partial charge in [-0.05, 0) is 35.9 Å². The monoisotopic (exact) mass is 288 g/mol. The van der Waals surface area contributed by atoms with Crippen molar-refractivity contribution in [1.82, 2.24) is 10.3 Å². The number of aryl methyl sites for hydroxylation is 1. The number of benzene rings is 1. The van der Waals surface area contributed by atoms with Gasteiger partial charge in [0, 0.05) is 10.1 Å². The Morgan fingerprint density at radius 1 is 1.26 bits per heavy atom. The van der Waals surface area contributed by atoms with Crippen LogP contribution in [0.3, 0.4) is 0 Å². The number of rotatable bonds is 4. The van der Waals surface area contributed by atoms with Gasteiger partial charge in [0.1, 0.15) is 0 Å². The van der Waals surface area contributed by atoms with E-state index in [1.807, 2.05) is 0 Å². The first-order chi connectivity index (χ1) is 9.29. The van der Waals surface area contributed by atoms with E-state index in [0.29, 0.717) is 0 Å². The minimum atomic E-state index is 0.192. The number of aromatic nitrogens is 1. The van der Waals surface area contributed by atoms with Gasteiger partial charge in [0.2, 0.25) is 0 Å². The Balaban J connectivity index is 2.11. The minimum absolute atomic E-state index is 0.192. The van der Waals surface area contributed by atoms with Crippen molar-refractivity contribution >= 4 is 32.8 Å². The van der Waals surface area contributed by atoms with Crippen molar-refractivity contribution in [3.05, 3.63) is 51.3 Å². The molecule has 19 heavy (non-hydrogen) atoms. The van der Waals surface area contributed by atoms with Gasteiger partial charge in [-0.2, -0.15) is 0 Å². The van der Waals surface area contributed by atoms with Gasteiger partial charge in [0.15, 0.2) is 0 Å². The average molecular weight is 288 g/mol. The van der Waals surface area contributed by atoms with Crippen LogP contribution in [0.5, 0.6) is 0 Å². The lowest BCUT2D eigenvalue weighted by molar-refractivity contribution is 0.622. The highest BCUT2D eigenvalue weighted by molar-refractivity contribution is 7.17. The molecule has 2 aromatic heterocycles. The van der Waals surface area contributed by atoms with Crippen molar-refractivity contribution in [2.75, 3.05) is 6.54 Å². The van der Waals surface area contributed by atoms with Gasteiger partial charge >= 0.3 is 0 Å². The molecule has 0 aliphatic rings. The molecular weight excluding hydrogens is 272 g/mol. The van der Waals surface area contributed by atoms with Gasteiger partial charge < -0.3 is 5.32 Å². The van der Waals surface area contributed by atoms with Crippen LogP contribution in [0.15, 0.2) is 35.0 Å². The maximum Gasteiger partial charge on any atom is 0.0898 e. The fourth-order valence-corrected chi connectivity index (χ4v) is 3.92. The fourth-order valence-electron chi connectivity index (χ4n) is 2.33. The number of thiophene rings is 1. The molecule has 1 atom stereocenters. The van der Waals surface area contributed by atoms with Crippen LogP contribution in [0.2, 0.25) is 0 Å². The third-order valence-electron chi connectivity index (χ3n) is 3.16. The zero-order chi connectivity index (χ0) is 13.2. The normalized spacial score (nSPS) is 12.9. The summed E-state index contributed by atoms with van der Waals surface area (Å²) in [6.45, 7) is 5.13. The van der Waals surface area contributed by atoms with Gasteiger partial charge in [-0.1, -0.05) is 25.1 Å². The molecule has 2 heterocycles. The molecule has 0 spiro atoms. The zero-order valence-corrected chi connectivity index (χ0v) is 12.6. The molecule has 0 bridgehead atoms. The molecule has 1 aromatic carbocycles. The van der Waals surface area contributed by atoms with Crippen LogP contribution in [0, 0.1) is 6.92 Å². The van der Waals surface area contributed by atoms with Crippen LogP contribution in [0.25, 0.3) is 10.1 Å². The molecule has 2 nitrogen and oxygen atoms in total. The molecule has 1 N–H and O–H groups in total. The van der Waals surface area contributed by atoms with Crippen molar-refractivity contribution in [3.8, 4) is 0 Å². The molecule has 4 heteroatoms. The summed E-state index contributed by atoms with van der Waals surface area (Å²) in [5.41, 5.74) is 2.46. The molecule has 1 unspecified atom stereocenters. The number of nitrogens with zero attached hydrogens (tertiary/aromatic N) is 1. The lowest BCUT2D eigenvalue weighted by Gasteiger charge is -2.17. The number of hydrogen-bond donors (Lipinski definition) is 1. The van der Waals surface area contributed by atoms with Crippen LogP contribution in [-0.2, 0) is 0 Å². The van der Waals surface area contributed by atoms with E-state index in [1.165, 1.54) is 15.6 Å². The van der Waals surface area contributed by atoms with Gasteiger partial charge in [0.25, 0.3) is 0 Å². The number of nitrogens with one attached hydrogen (secondary N) is 1. The van der Waals surface area contributed by atoms with Gasteiger partial charge in [-0.25, -0.2) is 4.98 Å². The van der Waals surface area contributed by atoms with Crippen LogP contribution in [0.1, 0.15) is 29.2 Å². The van der Waals surface area contributed by atoms with E-state index in [0.717, 1.165) is 17.2 Å². The maximum atomic E-state index is 4.66. The molecule has 0 saturated carbocycles. The van der Waals surface area contributed by atoms with E-state index in [2.05, 4.69) is 59.2 Å². The Kier molecular flexibility index (Phi) is 3.64. The van der Waals surface area contributed by atoms with E-state index in [9.17, 15) is 0 Å². The number of fused-ring (bicyclic) bond motifs is 1. The van der Waals surface area contributed by atoms with E-state index < -0.39 is 0 Å². The Morgan fingerprint density at radius 3 is 2.89 bits per heavy atom. The van der Waals surface area contributed by atoms with Crippen LogP contribution >= 0.6 is 22.7 Å². The first-order valence-electron chi connectivity index (χ1n) is 6.41. The van der Waals surface area contributed by atoms with Crippen molar-refractivity contribution in [1.29, 1.82) is 0 Å². The van der Waals surface area contributed by atoms with Crippen LogP contribution in [-0.4, -0.2) is 11.5 Å². The largest absolute Gasteiger partial charge is 0.305 e. The van der Waals surface area contributed by atoms with Gasteiger partial charge in [-0.3, -0.25) is 0 Å². The smallest absolute Gasteiger partial charge is 0.0898 e. The summed E-state index contributed by atoms with van der Waals surface area (Å²) in [7, 11) is 0. The molecule has 0 aliphatic carbocycles. The zero-order valence-electron chi connectivity index (χ0n) is 11.0. The summed E-state index contributed by atoms with van der Waals surface area (Å²) in [4.78, 5) is 4.66. The third kappa shape index (κ3) is 2.43. The Morgan fingerprint density at radius 2 is 2.16 bits per heavy atom. The highest BCUT2D eigenvalue weighted by Gasteiger charge is 2.18. The highest BCUT2D eigenvalue weighted by atomic mass is 32.1. The van der Waals surface area contributed by atoms with Crippen LogP contribution < -0.4 is 5.32 Å². The summed E-state index contributed by atoms with van der Waals surface area (Å²) in [6, 6.07) is 8.88. The Labute approximate surface area is 121 Å². The molecule has 98 valence electrons. The molecule has 3 rings (SSSR count). The topological polar surface area (TPSA) is 24.9 Å². The molecule has 0 saturated heterocycles. The standard InChI is InChI=1S/C15H16N2S2/c1-3-16-14(13-9-19-10(2)17-13)12-6-4-5-11-7-8-18-15(11)12/h4-9,14,16H,3H2,1-2H3. The van der Waals surface area contributed by atoms with E-state index in [1.54, 1.807) is 22.7 Å². The van der Waals surface area contributed by atoms with Gasteiger partial charge in [0.05, 0.1) is 16.7 Å². The summed E-state index contributed by atoms with van der Waals surface area (Å²) in [6.07, 6.45) is 0. The SMILES string of the molecule is CCNC(c1csc(C)n1)c1cccc2ccsc12. The minimum Gasteiger partial charge on any atom is -0.305 e.